The van der Waals surface area contributed by atoms with E-state index in [1.54, 1.807) is 12.1 Å². The van der Waals surface area contributed by atoms with E-state index in [-0.39, 0.29) is 11.8 Å². The Hall–Kier alpha value is -3.48. The van der Waals surface area contributed by atoms with Gasteiger partial charge in [-0.2, -0.15) is 0 Å². The van der Waals surface area contributed by atoms with E-state index < -0.39 is 0 Å². The van der Waals surface area contributed by atoms with Crippen LogP contribution < -0.4 is 10.6 Å². The molecule has 1 aromatic heterocycles. The summed E-state index contributed by atoms with van der Waals surface area (Å²) in [5.74, 6) is 1.69. The number of aromatic nitrogens is 3. The molecule has 3 aromatic rings. The van der Waals surface area contributed by atoms with Gasteiger partial charge in [-0.25, -0.2) is 0 Å². The molecule has 7 heteroatoms. The molecule has 4 rings (SSSR count). The predicted molar refractivity (Wildman–Crippen MR) is 115 cm³/mol. The van der Waals surface area contributed by atoms with Crippen molar-refractivity contribution in [1.29, 1.82) is 0 Å². The van der Waals surface area contributed by atoms with Gasteiger partial charge in [0.1, 0.15) is 5.82 Å². The van der Waals surface area contributed by atoms with Gasteiger partial charge in [-0.05, 0) is 54.8 Å². The first kappa shape index (κ1) is 19.8. The molecule has 0 unspecified atom stereocenters. The SMILES string of the molecule is CC(=O)NCc1ccc(C(=O)Nc2ccc(-c3nnc4n3CCCCC4)cc2)cc1. The van der Waals surface area contributed by atoms with Crippen LogP contribution in [0.1, 0.15) is 47.9 Å². The largest absolute Gasteiger partial charge is 0.352 e. The maximum atomic E-state index is 12.5. The third-order valence-electron chi connectivity index (χ3n) is 5.27. The average Bonchev–Trinajstić information content (AvgIpc) is 3.01. The maximum absolute atomic E-state index is 12.5. The number of amides is 2. The summed E-state index contributed by atoms with van der Waals surface area (Å²) in [5.41, 5.74) is 3.23. The zero-order valence-corrected chi connectivity index (χ0v) is 17.0. The molecule has 7 nitrogen and oxygen atoms in total. The number of anilines is 1. The number of carbonyl (C=O) groups excluding carboxylic acids is 2. The minimum atomic E-state index is -0.176. The lowest BCUT2D eigenvalue weighted by atomic mass is 10.1. The molecule has 30 heavy (non-hydrogen) atoms. The number of hydrogen-bond donors (Lipinski definition) is 2. The highest BCUT2D eigenvalue weighted by Gasteiger charge is 2.16. The Labute approximate surface area is 175 Å². The number of aryl methyl sites for hydroxylation is 1. The molecule has 2 heterocycles. The molecule has 1 aliphatic heterocycles. The van der Waals surface area contributed by atoms with Crippen LogP contribution in [-0.2, 0) is 24.3 Å². The highest BCUT2D eigenvalue weighted by molar-refractivity contribution is 6.04. The van der Waals surface area contributed by atoms with E-state index >= 15 is 0 Å². The number of hydrogen-bond acceptors (Lipinski definition) is 4. The van der Waals surface area contributed by atoms with Gasteiger partial charge in [0.25, 0.3) is 5.91 Å². The summed E-state index contributed by atoms with van der Waals surface area (Å²) in [5, 5.41) is 14.4. The Bertz CT molecular complexity index is 1040. The van der Waals surface area contributed by atoms with Gasteiger partial charge in [-0.15, -0.1) is 10.2 Å². The minimum Gasteiger partial charge on any atom is -0.352 e. The first-order valence-electron chi connectivity index (χ1n) is 10.3. The van der Waals surface area contributed by atoms with Crippen LogP contribution in [0.25, 0.3) is 11.4 Å². The van der Waals surface area contributed by atoms with E-state index in [0.29, 0.717) is 12.1 Å². The van der Waals surface area contributed by atoms with Gasteiger partial charge in [-0.3, -0.25) is 9.59 Å². The number of fused-ring (bicyclic) bond motifs is 1. The number of rotatable bonds is 5. The molecule has 0 fully saturated rings. The second-order valence-electron chi connectivity index (χ2n) is 7.54. The number of nitrogens with zero attached hydrogens (tertiary/aromatic N) is 3. The third kappa shape index (κ3) is 4.56. The molecule has 0 radical (unpaired) electrons. The van der Waals surface area contributed by atoms with Crippen LogP contribution in [0.4, 0.5) is 5.69 Å². The molecule has 154 valence electrons. The Balaban J connectivity index is 1.42. The lowest BCUT2D eigenvalue weighted by Crippen LogP contribution is -2.19. The van der Waals surface area contributed by atoms with E-state index in [1.807, 2.05) is 36.4 Å². The maximum Gasteiger partial charge on any atom is 0.255 e. The van der Waals surface area contributed by atoms with Crippen molar-refractivity contribution in [3.8, 4) is 11.4 Å². The van der Waals surface area contributed by atoms with Crippen LogP contribution in [0.3, 0.4) is 0 Å². The van der Waals surface area contributed by atoms with Crippen LogP contribution in [0.15, 0.2) is 48.5 Å². The fraction of sp³-hybridized carbons (Fsp3) is 0.304. The molecule has 0 spiro atoms. The zero-order valence-electron chi connectivity index (χ0n) is 17.0. The first-order chi connectivity index (χ1) is 14.6. The zero-order chi connectivity index (χ0) is 20.9. The molecule has 2 aromatic carbocycles. The molecular formula is C23H25N5O2. The topological polar surface area (TPSA) is 88.9 Å². The summed E-state index contributed by atoms with van der Waals surface area (Å²) in [6.07, 6.45) is 4.51. The molecule has 0 aliphatic carbocycles. The van der Waals surface area contributed by atoms with Crippen LogP contribution in [-0.4, -0.2) is 26.6 Å². The lowest BCUT2D eigenvalue weighted by molar-refractivity contribution is -0.119. The minimum absolute atomic E-state index is 0.0811. The fourth-order valence-electron chi connectivity index (χ4n) is 3.60. The second kappa shape index (κ2) is 8.90. The molecule has 2 amide bonds. The Morgan fingerprint density at radius 1 is 0.967 bits per heavy atom. The summed E-state index contributed by atoms with van der Waals surface area (Å²) in [7, 11) is 0. The van der Waals surface area contributed by atoms with Crippen molar-refractivity contribution in [3.63, 3.8) is 0 Å². The molecule has 1 aliphatic rings. The van der Waals surface area contributed by atoms with Crippen molar-refractivity contribution in [2.24, 2.45) is 0 Å². The predicted octanol–water partition coefficient (Wildman–Crippen LogP) is 3.56. The highest BCUT2D eigenvalue weighted by atomic mass is 16.2. The van der Waals surface area contributed by atoms with Crippen LogP contribution in [0.5, 0.6) is 0 Å². The van der Waals surface area contributed by atoms with Crippen molar-refractivity contribution < 1.29 is 9.59 Å². The molecule has 2 N–H and O–H groups in total. The average molecular weight is 403 g/mol. The van der Waals surface area contributed by atoms with E-state index in [1.165, 1.54) is 13.3 Å². The Morgan fingerprint density at radius 2 is 1.73 bits per heavy atom. The molecular weight excluding hydrogens is 378 g/mol. The monoisotopic (exact) mass is 403 g/mol. The molecule has 0 saturated carbocycles. The van der Waals surface area contributed by atoms with E-state index in [9.17, 15) is 9.59 Å². The fourth-order valence-corrected chi connectivity index (χ4v) is 3.60. The van der Waals surface area contributed by atoms with Gasteiger partial charge >= 0.3 is 0 Å². The standard InChI is InChI=1S/C23H25N5O2/c1-16(29)24-15-17-6-8-19(9-7-17)23(30)25-20-12-10-18(11-13-20)22-27-26-21-5-3-2-4-14-28(21)22/h6-13H,2-5,14-15H2,1H3,(H,24,29)(H,25,30). The van der Waals surface area contributed by atoms with Gasteiger partial charge in [0, 0.05) is 43.2 Å². The number of carbonyl (C=O) groups is 2. The second-order valence-corrected chi connectivity index (χ2v) is 7.54. The molecule has 0 saturated heterocycles. The number of nitrogens with one attached hydrogen (secondary N) is 2. The van der Waals surface area contributed by atoms with Gasteiger partial charge in [0.05, 0.1) is 0 Å². The third-order valence-corrected chi connectivity index (χ3v) is 5.27. The Morgan fingerprint density at radius 3 is 2.47 bits per heavy atom. The van der Waals surface area contributed by atoms with Crippen LogP contribution in [0, 0.1) is 0 Å². The van der Waals surface area contributed by atoms with Gasteiger partial charge in [0.15, 0.2) is 5.82 Å². The summed E-state index contributed by atoms with van der Waals surface area (Å²) in [6.45, 7) is 2.88. The van der Waals surface area contributed by atoms with E-state index in [0.717, 1.165) is 54.3 Å². The van der Waals surface area contributed by atoms with Crippen molar-refractivity contribution in [1.82, 2.24) is 20.1 Å². The van der Waals surface area contributed by atoms with Crippen LogP contribution in [0.2, 0.25) is 0 Å². The summed E-state index contributed by atoms with van der Waals surface area (Å²) in [4.78, 5) is 23.5. The summed E-state index contributed by atoms with van der Waals surface area (Å²) < 4.78 is 2.21. The first-order valence-corrected chi connectivity index (χ1v) is 10.3. The van der Waals surface area contributed by atoms with E-state index in [2.05, 4.69) is 25.4 Å². The highest BCUT2D eigenvalue weighted by Crippen LogP contribution is 2.24. The smallest absolute Gasteiger partial charge is 0.255 e. The molecule has 0 bridgehead atoms. The van der Waals surface area contributed by atoms with Crippen molar-refractivity contribution >= 4 is 17.5 Å². The van der Waals surface area contributed by atoms with Crippen molar-refractivity contribution in [2.45, 2.75) is 45.7 Å². The van der Waals surface area contributed by atoms with Crippen molar-refractivity contribution in [2.75, 3.05) is 5.32 Å². The van der Waals surface area contributed by atoms with Gasteiger partial charge < -0.3 is 15.2 Å². The van der Waals surface area contributed by atoms with Gasteiger partial charge in [0.2, 0.25) is 5.91 Å². The lowest BCUT2D eigenvalue weighted by Gasteiger charge is -2.09. The van der Waals surface area contributed by atoms with Crippen LogP contribution >= 0.6 is 0 Å². The van der Waals surface area contributed by atoms with Crippen molar-refractivity contribution in [3.05, 3.63) is 65.5 Å². The normalized spacial score (nSPS) is 13.2. The summed E-state index contributed by atoms with van der Waals surface area (Å²) >= 11 is 0. The molecule has 0 atom stereocenters. The Kier molecular flexibility index (Phi) is 5.88. The quantitative estimate of drug-likeness (QED) is 0.682. The van der Waals surface area contributed by atoms with Gasteiger partial charge in [-0.1, -0.05) is 18.6 Å². The summed E-state index contributed by atoms with van der Waals surface area (Å²) in [6, 6.07) is 14.9. The number of benzene rings is 2. The van der Waals surface area contributed by atoms with E-state index in [4.69, 9.17) is 0 Å².